The van der Waals surface area contributed by atoms with Crippen molar-refractivity contribution in [3.8, 4) is 34.0 Å². The van der Waals surface area contributed by atoms with Gasteiger partial charge in [0, 0.05) is 47.9 Å². The lowest BCUT2D eigenvalue weighted by molar-refractivity contribution is 0.0944. The van der Waals surface area contributed by atoms with Gasteiger partial charge in [0.05, 0.1) is 45.8 Å². The van der Waals surface area contributed by atoms with Crippen LogP contribution in [0.25, 0.3) is 55.9 Å². The molecule has 0 bridgehead atoms. The SMILES string of the molecule is CCNC(=O)c1ccc(-c2cnc3c(NCC(C)C)nc4ccccc4n23)cc1.O=C(NC1CC1)c1ccc(-c2cnc3c(NCc4ccc5c(c4)OCO5)nc4ccccc4n23)cc1. The molecule has 14 nitrogen and oxygen atoms in total. The Hall–Kier alpha value is -8.00. The van der Waals surface area contributed by atoms with Crippen molar-refractivity contribution in [3.63, 3.8) is 0 Å². The Morgan fingerprint density at radius 1 is 0.677 bits per heavy atom. The van der Waals surface area contributed by atoms with Crippen LogP contribution in [-0.4, -0.2) is 66.5 Å². The number of fused-ring (bicyclic) bond motifs is 7. The number of carbonyl (C=O) groups excluding carboxylic acids is 2. The molecule has 9 aromatic rings. The first-order valence-electron chi connectivity index (χ1n) is 22.0. The third-order valence-corrected chi connectivity index (χ3v) is 11.4. The summed E-state index contributed by atoms with van der Waals surface area (Å²) in [5, 5.41) is 12.8. The summed E-state index contributed by atoms with van der Waals surface area (Å²) in [5.74, 6) is 3.40. The summed E-state index contributed by atoms with van der Waals surface area (Å²) >= 11 is 0. The van der Waals surface area contributed by atoms with E-state index < -0.39 is 0 Å². The molecule has 1 aliphatic carbocycles. The van der Waals surface area contributed by atoms with E-state index in [1.165, 1.54) is 0 Å². The number of benzene rings is 5. The summed E-state index contributed by atoms with van der Waals surface area (Å²) < 4.78 is 15.2. The molecule has 326 valence electrons. The number of amides is 2. The second-order valence-electron chi connectivity index (χ2n) is 16.6. The molecule has 1 fully saturated rings. The van der Waals surface area contributed by atoms with Gasteiger partial charge in [-0.1, -0.05) is 68.4 Å². The lowest BCUT2D eigenvalue weighted by Crippen LogP contribution is -2.25. The maximum atomic E-state index is 12.4. The third-order valence-electron chi connectivity index (χ3n) is 11.4. The highest BCUT2D eigenvalue weighted by molar-refractivity contribution is 5.96. The smallest absolute Gasteiger partial charge is 0.251 e. The number of hydrogen-bond acceptors (Lipinski definition) is 10. The zero-order valence-corrected chi connectivity index (χ0v) is 36.3. The fraction of sp³-hybridized carbons (Fsp3) is 0.216. The molecule has 14 heteroatoms. The van der Waals surface area contributed by atoms with Crippen LogP contribution in [0.1, 0.15) is 59.9 Å². The molecule has 1 aliphatic heterocycles. The van der Waals surface area contributed by atoms with E-state index in [0.29, 0.717) is 42.0 Å². The van der Waals surface area contributed by atoms with Crippen LogP contribution < -0.4 is 30.7 Å². The number of imidazole rings is 2. The number of nitrogens with one attached hydrogen (secondary N) is 4. The first-order valence-corrected chi connectivity index (χ1v) is 22.0. The molecule has 5 heterocycles. The molecule has 0 radical (unpaired) electrons. The Kier molecular flexibility index (Phi) is 11.1. The Balaban J connectivity index is 0.000000157. The van der Waals surface area contributed by atoms with E-state index >= 15 is 0 Å². The highest BCUT2D eigenvalue weighted by atomic mass is 16.7. The zero-order chi connectivity index (χ0) is 44.4. The van der Waals surface area contributed by atoms with Crippen molar-refractivity contribution >= 4 is 56.8 Å². The number of hydrogen-bond donors (Lipinski definition) is 4. The van der Waals surface area contributed by atoms with Gasteiger partial charge in [0.15, 0.2) is 34.4 Å². The summed E-state index contributed by atoms with van der Waals surface area (Å²) in [7, 11) is 0. The number of rotatable bonds is 12. The molecule has 0 unspecified atom stereocenters. The van der Waals surface area contributed by atoms with Crippen molar-refractivity contribution in [2.24, 2.45) is 5.92 Å². The summed E-state index contributed by atoms with van der Waals surface area (Å²) in [5.41, 5.74) is 11.5. The minimum atomic E-state index is -0.0630. The van der Waals surface area contributed by atoms with Crippen LogP contribution in [-0.2, 0) is 6.54 Å². The van der Waals surface area contributed by atoms with Crippen molar-refractivity contribution in [3.05, 3.63) is 144 Å². The van der Waals surface area contributed by atoms with Crippen molar-refractivity contribution in [2.75, 3.05) is 30.5 Å². The van der Waals surface area contributed by atoms with Gasteiger partial charge in [0.25, 0.3) is 11.8 Å². The quantitative estimate of drug-likeness (QED) is 0.0933. The van der Waals surface area contributed by atoms with Gasteiger partial charge >= 0.3 is 0 Å². The number of anilines is 2. The van der Waals surface area contributed by atoms with Crippen molar-refractivity contribution in [1.29, 1.82) is 0 Å². The standard InChI is InChI=1S/C28H23N5O3.C23H25N5O/c34-28(31-20-10-11-20)19-8-6-18(7-9-19)23-15-30-27-26(32-21-3-1-2-4-22(21)33(23)27)29-14-17-5-12-24-25(13-17)36-16-35-24;1-4-24-23(29)17-11-9-16(10-12-17)20-14-26-22-21(25-13-15(2)3)27-18-7-5-6-8-19(18)28(20)22/h1-9,12-13,15,20H,10-11,14,16H2,(H,29,32)(H,31,34);5-12,14-15H,4,13H2,1-3H3,(H,24,29)(H,25,27). The Labute approximate surface area is 375 Å². The van der Waals surface area contributed by atoms with Crippen molar-refractivity contribution in [2.45, 2.75) is 46.2 Å². The average Bonchev–Trinajstić information content (AvgIpc) is 3.65. The van der Waals surface area contributed by atoms with Crippen LogP contribution in [0.5, 0.6) is 11.5 Å². The Morgan fingerprint density at radius 3 is 1.80 bits per heavy atom. The molecule has 4 aromatic heterocycles. The van der Waals surface area contributed by atoms with Crippen molar-refractivity contribution < 1.29 is 19.1 Å². The second-order valence-corrected chi connectivity index (χ2v) is 16.6. The van der Waals surface area contributed by atoms with Gasteiger partial charge in [-0.3, -0.25) is 18.4 Å². The minimum Gasteiger partial charge on any atom is -0.454 e. The van der Waals surface area contributed by atoms with Crippen LogP contribution >= 0.6 is 0 Å². The van der Waals surface area contributed by atoms with Gasteiger partial charge < -0.3 is 30.7 Å². The van der Waals surface area contributed by atoms with Gasteiger partial charge in [0.2, 0.25) is 6.79 Å². The first-order chi connectivity index (χ1) is 31.8. The fourth-order valence-corrected chi connectivity index (χ4v) is 7.89. The molecule has 0 atom stereocenters. The minimum absolute atomic E-state index is 0.0214. The maximum absolute atomic E-state index is 12.4. The Bertz CT molecular complexity index is 3210. The maximum Gasteiger partial charge on any atom is 0.251 e. The zero-order valence-electron chi connectivity index (χ0n) is 36.3. The largest absolute Gasteiger partial charge is 0.454 e. The van der Waals surface area contributed by atoms with E-state index in [-0.39, 0.29) is 18.6 Å². The normalized spacial score (nSPS) is 13.0. The molecule has 5 aromatic carbocycles. The molecular weight excluding hydrogens is 817 g/mol. The number of carbonyl (C=O) groups is 2. The fourth-order valence-electron chi connectivity index (χ4n) is 7.89. The van der Waals surface area contributed by atoms with Gasteiger partial charge in [0.1, 0.15) is 0 Å². The number of aromatic nitrogens is 6. The van der Waals surface area contributed by atoms with Crippen LogP contribution in [0.4, 0.5) is 11.6 Å². The van der Waals surface area contributed by atoms with Crippen LogP contribution in [0.2, 0.25) is 0 Å². The van der Waals surface area contributed by atoms with E-state index in [0.717, 1.165) is 98.1 Å². The molecule has 0 saturated heterocycles. The van der Waals surface area contributed by atoms with E-state index in [4.69, 9.17) is 24.4 Å². The topological polar surface area (TPSA) is 161 Å². The summed E-state index contributed by atoms with van der Waals surface area (Å²) in [4.78, 5) is 43.5. The predicted molar refractivity (Wildman–Crippen MR) is 254 cm³/mol. The molecule has 0 spiro atoms. The molecule has 4 N–H and O–H groups in total. The highest BCUT2D eigenvalue weighted by Gasteiger charge is 2.24. The molecule has 11 rings (SSSR count). The van der Waals surface area contributed by atoms with E-state index in [1.54, 1.807) is 0 Å². The highest BCUT2D eigenvalue weighted by Crippen LogP contribution is 2.34. The van der Waals surface area contributed by atoms with Crippen LogP contribution in [0, 0.1) is 5.92 Å². The van der Waals surface area contributed by atoms with Gasteiger partial charge in [-0.25, -0.2) is 19.9 Å². The van der Waals surface area contributed by atoms with Crippen LogP contribution in [0.3, 0.4) is 0 Å². The van der Waals surface area contributed by atoms with E-state index in [2.05, 4.69) is 55.0 Å². The van der Waals surface area contributed by atoms with Gasteiger partial charge in [-0.05, 0) is 91.9 Å². The summed E-state index contributed by atoms with van der Waals surface area (Å²) in [6, 6.07) is 37.6. The number of para-hydroxylation sites is 4. The number of ether oxygens (including phenoxy) is 2. The average molecular weight is 865 g/mol. The number of nitrogens with zero attached hydrogens (tertiary/aromatic N) is 6. The van der Waals surface area contributed by atoms with Crippen LogP contribution in [0.15, 0.2) is 128 Å². The summed E-state index contributed by atoms with van der Waals surface area (Å²) in [6.07, 6.45) is 5.86. The molecule has 1 saturated carbocycles. The summed E-state index contributed by atoms with van der Waals surface area (Å²) in [6.45, 7) is 8.49. The monoisotopic (exact) mass is 864 g/mol. The second kappa shape index (κ2) is 17.6. The molecule has 2 aliphatic rings. The van der Waals surface area contributed by atoms with Crippen molar-refractivity contribution in [1.82, 2.24) is 39.4 Å². The van der Waals surface area contributed by atoms with E-state index in [9.17, 15) is 9.59 Å². The first kappa shape index (κ1) is 41.0. The van der Waals surface area contributed by atoms with E-state index in [1.807, 2.05) is 129 Å². The molecule has 2 amide bonds. The van der Waals surface area contributed by atoms with Gasteiger partial charge in [-0.15, -0.1) is 0 Å². The predicted octanol–water partition coefficient (Wildman–Crippen LogP) is 9.15. The lowest BCUT2D eigenvalue weighted by Gasteiger charge is -2.13. The Morgan fingerprint density at radius 2 is 1.23 bits per heavy atom. The van der Waals surface area contributed by atoms with Gasteiger partial charge in [-0.2, -0.15) is 0 Å². The molecule has 65 heavy (non-hydrogen) atoms. The lowest BCUT2D eigenvalue weighted by atomic mass is 10.1. The third kappa shape index (κ3) is 8.45. The molecular formula is C51H48N10O4.